The van der Waals surface area contributed by atoms with E-state index in [1.807, 2.05) is 37.9 Å². The Morgan fingerprint density at radius 1 is 1.28 bits per heavy atom. The van der Waals surface area contributed by atoms with Crippen LogP contribution in [0.15, 0.2) is 29.0 Å². The van der Waals surface area contributed by atoms with Gasteiger partial charge >= 0.3 is 0 Å². The van der Waals surface area contributed by atoms with Crippen molar-refractivity contribution in [2.24, 2.45) is 13.0 Å². The minimum absolute atomic E-state index is 0.0948. The highest BCUT2D eigenvalue weighted by atomic mass is 16.5. The molecule has 3 aromatic rings. The van der Waals surface area contributed by atoms with Gasteiger partial charge < -0.3 is 9.42 Å². The van der Waals surface area contributed by atoms with Crippen molar-refractivity contribution in [3.63, 3.8) is 0 Å². The van der Waals surface area contributed by atoms with Crippen LogP contribution in [0.25, 0.3) is 11.5 Å². The molecule has 0 bridgehead atoms. The zero-order valence-electron chi connectivity index (χ0n) is 17.1. The number of aromatic nitrogens is 5. The second-order valence-corrected chi connectivity index (χ2v) is 7.72. The van der Waals surface area contributed by atoms with Crippen LogP contribution in [0.5, 0.6) is 0 Å². The highest BCUT2D eigenvalue weighted by molar-refractivity contribution is 5.96. The average molecular weight is 394 g/mol. The summed E-state index contributed by atoms with van der Waals surface area (Å²) >= 11 is 0. The topological polar surface area (TPSA) is 89.9 Å². The maximum Gasteiger partial charge on any atom is 0.258 e. The van der Waals surface area contributed by atoms with E-state index in [4.69, 9.17) is 4.52 Å². The number of likely N-dealkylation sites (tertiary alicyclic amines) is 1. The fourth-order valence-electron chi connectivity index (χ4n) is 4.03. The molecule has 0 radical (unpaired) electrons. The molecule has 1 atom stereocenters. The second kappa shape index (κ2) is 8.14. The van der Waals surface area contributed by atoms with Crippen molar-refractivity contribution in [2.75, 3.05) is 13.1 Å². The molecule has 4 rings (SSSR count). The highest BCUT2D eigenvalue weighted by Gasteiger charge is 2.28. The molecule has 0 N–H and O–H groups in total. The molecule has 8 heteroatoms. The van der Waals surface area contributed by atoms with Gasteiger partial charge in [0.05, 0.1) is 11.3 Å². The first-order chi connectivity index (χ1) is 14.0. The Morgan fingerprint density at radius 2 is 2.07 bits per heavy atom. The van der Waals surface area contributed by atoms with Gasteiger partial charge in [0.25, 0.3) is 11.8 Å². The SMILES string of the molecule is Cc1nn(C)c(C)c1C(=O)N1CCCC(CCc2noc(-c3ccncc3)n2)C1. The van der Waals surface area contributed by atoms with E-state index in [0.29, 0.717) is 17.6 Å². The van der Waals surface area contributed by atoms with Crippen LogP contribution in [-0.4, -0.2) is 48.8 Å². The summed E-state index contributed by atoms with van der Waals surface area (Å²) in [5, 5.41) is 8.49. The Balaban J connectivity index is 1.37. The van der Waals surface area contributed by atoms with Crippen LogP contribution in [-0.2, 0) is 13.5 Å². The summed E-state index contributed by atoms with van der Waals surface area (Å²) in [6, 6.07) is 3.70. The van der Waals surface area contributed by atoms with Gasteiger partial charge in [-0.1, -0.05) is 5.16 Å². The van der Waals surface area contributed by atoms with E-state index in [0.717, 1.165) is 61.3 Å². The monoisotopic (exact) mass is 394 g/mol. The number of amides is 1. The number of nitrogens with zero attached hydrogens (tertiary/aromatic N) is 6. The molecule has 0 spiro atoms. The smallest absolute Gasteiger partial charge is 0.258 e. The third-order valence-electron chi connectivity index (χ3n) is 5.70. The third-order valence-corrected chi connectivity index (χ3v) is 5.70. The lowest BCUT2D eigenvalue weighted by atomic mass is 9.92. The zero-order valence-corrected chi connectivity index (χ0v) is 17.1. The number of hydrogen-bond donors (Lipinski definition) is 0. The van der Waals surface area contributed by atoms with Gasteiger partial charge in [0.2, 0.25) is 0 Å². The number of rotatable bonds is 5. The number of hydrogen-bond acceptors (Lipinski definition) is 6. The lowest BCUT2D eigenvalue weighted by Crippen LogP contribution is -2.40. The zero-order chi connectivity index (χ0) is 20.4. The lowest BCUT2D eigenvalue weighted by molar-refractivity contribution is 0.0666. The molecular weight excluding hydrogens is 368 g/mol. The Bertz CT molecular complexity index is 994. The molecule has 0 saturated carbocycles. The number of piperidine rings is 1. The first-order valence-electron chi connectivity index (χ1n) is 10.1. The van der Waals surface area contributed by atoms with Crippen molar-refractivity contribution < 1.29 is 9.32 Å². The van der Waals surface area contributed by atoms with Gasteiger partial charge in [-0.3, -0.25) is 14.5 Å². The van der Waals surface area contributed by atoms with Crippen LogP contribution >= 0.6 is 0 Å². The van der Waals surface area contributed by atoms with Crippen molar-refractivity contribution >= 4 is 5.91 Å². The summed E-state index contributed by atoms with van der Waals surface area (Å²) in [7, 11) is 1.88. The fraction of sp³-hybridized carbons (Fsp3) is 0.476. The summed E-state index contributed by atoms with van der Waals surface area (Å²) in [5.41, 5.74) is 3.33. The minimum atomic E-state index is 0.0948. The third kappa shape index (κ3) is 4.06. The van der Waals surface area contributed by atoms with Gasteiger partial charge in [-0.2, -0.15) is 10.1 Å². The van der Waals surface area contributed by atoms with Crippen molar-refractivity contribution in [3.05, 3.63) is 47.3 Å². The number of pyridine rings is 1. The van der Waals surface area contributed by atoms with Crippen LogP contribution in [0.1, 0.15) is 46.8 Å². The predicted molar refractivity (Wildman–Crippen MR) is 107 cm³/mol. The summed E-state index contributed by atoms with van der Waals surface area (Å²) in [6.45, 7) is 5.42. The molecule has 152 valence electrons. The molecule has 0 aromatic carbocycles. The van der Waals surface area contributed by atoms with Gasteiger partial charge in [0.15, 0.2) is 5.82 Å². The van der Waals surface area contributed by atoms with E-state index in [1.54, 1.807) is 17.1 Å². The Morgan fingerprint density at radius 3 is 2.79 bits per heavy atom. The van der Waals surface area contributed by atoms with Crippen LogP contribution in [0.2, 0.25) is 0 Å². The van der Waals surface area contributed by atoms with Crippen molar-refractivity contribution in [1.29, 1.82) is 0 Å². The molecule has 8 nitrogen and oxygen atoms in total. The van der Waals surface area contributed by atoms with E-state index in [9.17, 15) is 4.79 Å². The molecule has 1 amide bonds. The van der Waals surface area contributed by atoms with Crippen molar-refractivity contribution in [2.45, 2.75) is 39.5 Å². The van der Waals surface area contributed by atoms with Gasteiger partial charge in [-0.15, -0.1) is 0 Å². The first-order valence-corrected chi connectivity index (χ1v) is 10.1. The highest BCUT2D eigenvalue weighted by Crippen LogP contribution is 2.25. The van der Waals surface area contributed by atoms with Gasteiger partial charge in [-0.05, 0) is 51.2 Å². The molecule has 1 fully saturated rings. The molecule has 1 aliphatic heterocycles. The first kappa shape index (κ1) is 19.3. The van der Waals surface area contributed by atoms with Crippen LogP contribution in [0, 0.1) is 19.8 Å². The fourth-order valence-corrected chi connectivity index (χ4v) is 4.03. The van der Waals surface area contributed by atoms with Crippen molar-refractivity contribution in [3.8, 4) is 11.5 Å². The molecule has 3 aromatic heterocycles. The minimum Gasteiger partial charge on any atom is -0.338 e. The standard InChI is InChI=1S/C21H26N6O2/c1-14-19(15(2)26(3)24-14)21(28)27-12-4-5-16(13-27)6-7-18-23-20(29-25-18)17-8-10-22-11-9-17/h8-11,16H,4-7,12-13H2,1-3H3. The lowest BCUT2D eigenvalue weighted by Gasteiger charge is -2.32. The molecule has 1 aliphatic rings. The van der Waals surface area contributed by atoms with E-state index in [-0.39, 0.29) is 5.91 Å². The molecule has 1 unspecified atom stereocenters. The number of carbonyl (C=O) groups is 1. The normalized spacial score (nSPS) is 16.9. The molecular formula is C21H26N6O2. The molecule has 0 aliphatic carbocycles. The van der Waals surface area contributed by atoms with Gasteiger partial charge in [-0.25, -0.2) is 0 Å². The van der Waals surface area contributed by atoms with Crippen LogP contribution in [0.3, 0.4) is 0 Å². The van der Waals surface area contributed by atoms with Crippen LogP contribution in [0.4, 0.5) is 0 Å². The van der Waals surface area contributed by atoms with Crippen LogP contribution < -0.4 is 0 Å². The average Bonchev–Trinajstić information content (AvgIpc) is 3.31. The maximum absolute atomic E-state index is 13.1. The van der Waals surface area contributed by atoms with Crippen molar-refractivity contribution in [1.82, 2.24) is 29.8 Å². The maximum atomic E-state index is 13.1. The number of carbonyl (C=O) groups excluding carboxylic acids is 1. The van der Waals surface area contributed by atoms with Gasteiger partial charge in [0.1, 0.15) is 0 Å². The van der Waals surface area contributed by atoms with E-state index in [1.165, 1.54) is 0 Å². The predicted octanol–water partition coefficient (Wildman–Crippen LogP) is 2.97. The Hall–Kier alpha value is -3.03. The molecule has 1 saturated heterocycles. The largest absolute Gasteiger partial charge is 0.338 e. The quantitative estimate of drug-likeness (QED) is 0.661. The number of aryl methyl sites for hydroxylation is 3. The van der Waals surface area contributed by atoms with Gasteiger partial charge in [0, 0.05) is 50.2 Å². The van der Waals surface area contributed by atoms with E-state index in [2.05, 4.69) is 20.2 Å². The second-order valence-electron chi connectivity index (χ2n) is 7.72. The Kier molecular flexibility index (Phi) is 5.42. The summed E-state index contributed by atoms with van der Waals surface area (Å²) < 4.78 is 7.15. The van der Waals surface area contributed by atoms with E-state index < -0.39 is 0 Å². The summed E-state index contributed by atoms with van der Waals surface area (Å²) in [6.07, 6.45) is 7.22. The molecule has 4 heterocycles. The Labute approximate surface area is 169 Å². The molecule has 29 heavy (non-hydrogen) atoms. The summed E-state index contributed by atoms with van der Waals surface area (Å²) in [5.74, 6) is 1.76. The summed E-state index contributed by atoms with van der Waals surface area (Å²) in [4.78, 5) is 23.5. The van der Waals surface area contributed by atoms with E-state index >= 15 is 0 Å².